The molecule has 2 nitrogen and oxygen atoms in total. The van der Waals surface area contributed by atoms with E-state index in [1.54, 1.807) is 0 Å². The van der Waals surface area contributed by atoms with Crippen LogP contribution in [0.5, 0.6) is 0 Å². The van der Waals surface area contributed by atoms with Gasteiger partial charge in [-0.15, -0.1) is 0 Å². The Hall–Kier alpha value is -1.31. The molecule has 0 radical (unpaired) electrons. The predicted octanol–water partition coefficient (Wildman–Crippen LogP) is 2.03. The van der Waals surface area contributed by atoms with E-state index in [-0.39, 0.29) is 5.91 Å². The number of primary amides is 1. The molecule has 1 amide bonds. The molecule has 0 aromatic heterocycles. The fraction of sp³-hybridized carbons (Fsp3) is 0.417. The molecule has 14 heavy (non-hydrogen) atoms. The lowest BCUT2D eigenvalue weighted by Crippen LogP contribution is -2.11. The van der Waals surface area contributed by atoms with E-state index in [1.807, 2.05) is 0 Å². The molecule has 2 N–H and O–H groups in total. The number of amides is 1. The minimum atomic E-state index is -0.235. The van der Waals surface area contributed by atoms with Crippen molar-refractivity contribution < 1.29 is 4.79 Å². The molecule has 1 aromatic carbocycles. The molecule has 1 rings (SSSR count). The number of rotatable bonds is 3. The van der Waals surface area contributed by atoms with E-state index in [4.69, 9.17) is 5.73 Å². The molecular weight excluding hydrogens is 174 g/mol. The summed E-state index contributed by atoms with van der Waals surface area (Å²) < 4.78 is 0. The van der Waals surface area contributed by atoms with Gasteiger partial charge in [-0.05, 0) is 49.4 Å². The Morgan fingerprint density at radius 3 is 2.14 bits per heavy atom. The average molecular weight is 191 g/mol. The average Bonchev–Trinajstić information content (AvgIpc) is 2.10. The predicted molar refractivity (Wildman–Crippen MR) is 58.2 cm³/mol. The van der Waals surface area contributed by atoms with Gasteiger partial charge in [-0.2, -0.15) is 0 Å². The monoisotopic (exact) mass is 191 g/mol. The Bertz CT molecular complexity index is 332. The molecule has 0 saturated heterocycles. The van der Waals surface area contributed by atoms with Gasteiger partial charge in [0.15, 0.2) is 0 Å². The standard InChI is InChI=1S/C12H17NO/c1-8-6-11(4-5-12(13)14)7-9(2)10(8)3/h6-7H,4-5H2,1-3H3,(H2,13,14). The molecule has 0 bridgehead atoms. The number of carbonyl (C=O) groups is 1. The topological polar surface area (TPSA) is 43.1 Å². The molecule has 0 saturated carbocycles. The van der Waals surface area contributed by atoms with Crippen LogP contribution in [-0.4, -0.2) is 5.91 Å². The lowest BCUT2D eigenvalue weighted by atomic mass is 9.98. The maximum atomic E-state index is 10.6. The van der Waals surface area contributed by atoms with Gasteiger partial charge in [0, 0.05) is 6.42 Å². The molecule has 0 heterocycles. The van der Waals surface area contributed by atoms with Gasteiger partial charge in [0.05, 0.1) is 0 Å². The summed E-state index contributed by atoms with van der Waals surface area (Å²) in [6.45, 7) is 6.30. The minimum Gasteiger partial charge on any atom is -0.370 e. The van der Waals surface area contributed by atoms with Crippen LogP contribution in [0.4, 0.5) is 0 Å². The van der Waals surface area contributed by atoms with Gasteiger partial charge < -0.3 is 5.73 Å². The van der Waals surface area contributed by atoms with Crippen molar-refractivity contribution >= 4 is 5.91 Å². The molecule has 1 aromatic rings. The summed E-state index contributed by atoms with van der Waals surface area (Å²) in [5, 5.41) is 0. The van der Waals surface area contributed by atoms with Gasteiger partial charge in [0.2, 0.25) is 5.91 Å². The quantitative estimate of drug-likeness (QED) is 0.780. The highest BCUT2D eigenvalue weighted by Gasteiger charge is 2.02. The van der Waals surface area contributed by atoms with Crippen LogP contribution in [0.3, 0.4) is 0 Å². The highest BCUT2D eigenvalue weighted by Crippen LogP contribution is 2.16. The Balaban J connectivity index is 2.84. The summed E-state index contributed by atoms with van der Waals surface area (Å²) in [7, 11) is 0. The number of hydrogen-bond acceptors (Lipinski definition) is 1. The molecule has 0 aliphatic carbocycles. The van der Waals surface area contributed by atoms with Crippen LogP contribution >= 0.6 is 0 Å². The SMILES string of the molecule is Cc1cc(CCC(N)=O)cc(C)c1C. The van der Waals surface area contributed by atoms with Gasteiger partial charge in [-0.3, -0.25) is 4.79 Å². The molecule has 0 fully saturated rings. The molecule has 76 valence electrons. The highest BCUT2D eigenvalue weighted by molar-refractivity contribution is 5.74. The summed E-state index contributed by atoms with van der Waals surface area (Å²) in [6.07, 6.45) is 1.18. The molecule has 0 atom stereocenters. The summed E-state index contributed by atoms with van der Waals surface area (Å²) in [6, 6.07) is 4.26. The van der Waals surface area contributed by atoms with Gasteiger partial charge in [0.1, 0.15) is 0 Å². The second-order valence-electron chi connectivity index (χ2n) is 3.82. The zero-order chi connectivity index (χ0) is 10.7. The van der Waals surface area contributed by atoms with Crippen molar-refractivity contribution in [1.82, 2.24) is 0 Å². The largest absolute Gasteiger partial charge is 0.370 e. The molecule has 0 aliphatic rings. The van der Waals surface area contributed by atoms with Crippen molar-refractivity contribution in [2.75, 3.05) is 0 Å². The Morgan fingerprint density at radius 2 is 1.71 bits per heavy atom. The van der Waals surface area contributed by atoms with Gasteiger partial charge in [0.25, 0.3) is 0 Å². The van der Waals surface area contributed by atoms with Crippen LogP contribution in [0, 0.1) is 20.8 Å². The second-order valence-corrected chi connectivity index (χ2v) is 3.82. The van der Waals surface area contributed by atoms with Crippen molar-refractivity contribution in [3.63, 3.8) is 0 Å². The first kappa shape index (κ1) is 10.8. The van der Waals surface area contributed by atoms with E-state index in [0.29, 0.717) is 6.42 Å². The zero-order valence-electron chi connectivity index (χ0n) is 9.05. The summed E-state index contributed by atoms with van der Waals surface area (Å²) >= 11 is 0. The number of nitrogens with two attached hydrogens (primary N) is 1. The summed E-state index contributed by atoms with van der Waals surface area (Å²) in [5.74, 6) is -0.235. The van der Waals surface area contributed by atoms with E-state index in [1.165, 1.54) is 22.3 Å². The Morgan fingerprint density at radius 1 is 1.21 bits per heavy atom. The van der Waals surface area contributed by atoms with Crippen LogP contribution in [0.25, 0.3) is 0 Å². The molecule has 2 heteroatoms. The van der Waals surface area contributed by atoms with Gasteiger partial charge in [-0.1, -0.05) is 12.1 Å². The minimum absolute atomic E-state index is 0.235. The van der Waals surface area contributed by atoms with Crippen LogP contribution in [0.15, 0.2) is 12.1 Å². The maximum absolute atomic E-state index is 10.6. The van der Waals surface area contributed by atoms with Gasteiger partial charge >= 0.3 is 0 Å². The summed E-state index contributed by atoms with van der Waals surface area (Å²) in [4.78, 5) is 10.6. The fourth-order valence-corrected chi connectivity index (χ4v) is 1.54. The Labute approximate surface area is 85.1 Å². The lowest BCUT2D eigenvalue weighted by Gasteiger charge is -2.08. The smallest absolute Gasteiger partial charge is 0.217 e. The van der Waals surface area contributed by atoms with Crippen LogP contribution in [0.1, 0.15) is 28.7 Å². The van der Waals surface area contributed by atoms with E-state index in [9.17, 15) is 4.79 Å². The third-order valence-electron chi connectivity index (χ3n) is 2.65. The van der Waals surface area contributed by atoms with Crippen molar-refractivity contribution in [1.29, 1.82) is 0 Å². The number of carbonyl (C=O) groups excluding carboxylic acids is 1. The lowest BCUT2D eigenvalue weighted by molar-refractivity contribution is -0.117. The van der Waals surface area contributed by atoms with Crippen LogP contribution in [-0.2, 0) is 11.2 Å². The van der Waals surface area contributed by atoms with Crippen LogP contribution in [0.2, 0.25) is 0 Å². The van der Waals surface area contributed by atoms with Crippen LogP contribution < -0.4 is 5.73 Å². The molecule has 0 spiro atoms. The molecule has 0 unspecified atom stereocenters. The van der Waals surface area contributed by atoms with Gasteiger partial charge in [-0.25, -0.2) is 0 Å². The third-order valence-corrected chi connectivity index (χ3v) is 2.65. The normalized spacial score (nSPS) is 10.2. The first-order valence-corrected chi connectivity index (χ1v) is 4.85. The van der Waals surface area contributed by atoms with Crippen molar-refractivity contribution in [2.45, 2.75) is 33.6 Å². The van der Waals surface area contributed by atoms with E-state index >= 15 is 0 Å². The zero-order valence-corrected chi connectivity index (χ0v) is 9.05. The van der Waals surface area contributed by atoms with Crippen molar-refractivity contribution in [2.24, 2.45) is 5.73 Å². The first-order valence-electron chi connectivity index (χ1n) is 4.85. The van der Waals surface area contributed by atoms with Crippen molar-refractivity contribution in [3.8, 4) is 0 Å². The number of hydrogen-bond donors (Lipinski definition) is 1. The molecular formula is C12H17NO. The van der Waals surface area contributed by atoms with E-state index in [0.717, 1.165) is 6.42 Å². The fourth-order valence-electron chi connectivity index (χ4n) is 1.54. The highest BCUT2D eigenvalue weighted by atomic mass is 16.1. The molecule has 0 aliphatic heterocycles. The third kappa shape index (κ3) is 2.59. The number of aryl methyl sites for hydroxylation is 3. The Kier molecular flexibility index (Phi) is 3.28. The summed E-state index contributed by atoms with van der Waals surface area (Å²) in [5.41, 5.74) is 10.2. The number of benzene rings is 1. The van der Waals surface area contributed by atoms with E-state index < -0.39 is 0 Å². The second kappa shape index (κ2) is 4.27. The maximum Gasteiger partial charge on any atom is 0.217 e. The van der Waals surface area contributed by atoms with E-state index in [2.05, 4.69) is 32.9 Å². The first-order chi connectivity index (χ1) is 6.50. The van der Waals surface area contributed by atoms with Crippen molar-refractivity contribution in [3.05, 3.63) is 34.4 Å².